The van der Waals surface area contributed by atoms with E-state index in [9.17, 15) is 0 Å². The van der Waals surface area contributed by atoms with Gasteiger partial charge in [0.25, 0.3) is 0 Å². The van der Waals surface area contributed by atoms with Crippen LogP contribution < -0.4 is 10.2 Å². The summed E-state index contributed by atoms with van der Waals surface area (Å²) in [5, 5.41) is 11.3. The van der Waals surface area contributed by atoms with Crippen LogP contribution in [0, 0.1) is 0 Å². The quantitative estimate of drug-likeness (QED) is 0.822. The molecule has 2 rings (SSSR count). The average Bonchev–Trinajstić information content (AvgIpc) is 2.96. The Balaban J connectivity index is 1.94. The van der Waals surface area contributed by atoms with Crippen LogP contribution in [0.15, 0.2) is 4.42 Å². The lowest BCUT2D eigenvalue weighted by Gasteiger charge is -2.21. The first-order chi connectivity index (χ1) is 7.81. The van der Waals surface area contributed by atoms with Gasteiger partial charge in [-0.3, -0.25) is 0 Å². The second-order valence-corrected chi connectivity index (χ2v) is 4.31. The van der Waals surface area contributed by atoms with Crippen molar-refractivity contribution in [3.63, 3.8) is 0 Å². The van der Waals surface area contributed by atoms with Crippen LogP contribution in [0.1, 0.15) is 38.5 Å². The second-order valence-electron chi connectivity index (χ2n) is 4.31. The van der Waals surface area contributed by atoms with Crippen LogP contribution in [0.3, 0.4) is 0 Å². The number of aromatic nitrogens is 2. The van der Waals surface area contributed by atoms with Gasteiger partial charge in [0.05, 0.1) is 6.54 Å². The number of nitrogens with zero attached hydrogens (tertiary/aromatic N) is 3. The maximum atomic E-state index is 5.60. The first-order valence-corrected chi connectivity index (χ1v) is 6.07. The molecule has 5 nitrogen and oxygen atoms in total. The van der Waals surface area contributed by atoms with Gasteiger partial charge in [-0.2, -0.15) is 0 Å². The van der Waals surface area contributed by atoms with Gasteiger partial charge in [-0.15, -0.1) is 5.10 Å². The van der Waals surface area contributed by atoms with Gasteiger partial charge in [0.1, 0.15) is 0 Å². The molecule has 1 fully saturated rings. The molecule has 90 valence electrons. The second kappa shape index (κ2) is 5.30. The van der Waals surface area contributed by atoms with E-state index in [2.05, 4.69) is 27.3 Å². The number of hydrogen-bond acceptors (Lipinski definition) is 5. The molecular weight excluding hydrogens is 204 g/mol. The summed E-state index contributed by atoms with van der Waals surface area (Å²) in [7, 11) is 2.04. The molecule has 1 saturated carbocycles. The number of rotatable bonds is 5. The fourth-order valence-corrected chi connectivity index (χ4v) is 2.14. The predicted molar refractivity (Wildman–Crippen MR) is 62.3 cm³/mol. The average molecular weight is 224 g/mol. The van der Waals surface area contributed by atoms with Crippen LogP contribution in [-0.4, -0.2) is 29.8 Å². The van der Waals surface area contributed by atoms with E-state index in [-0.39, 0.29) is 0 Å². The monoisotopic (exact) mass is 224 g/mol. The van der Waals surface area contributed by atoms with Gasteiger partial charge in [0.15, 0.2) is 0 Å². The Hall–Kier alpha value is -1.10. The van der Waals surface area contributed by atoms with Gasteiger partial charge >= 0.3 is 6.01 Å². The maximum absolute atomic E-state index is 5.60. The molecule has 0 aliphatic heterocycles. The molecule has 0 aromatic carbocycles. The summed E-state index contributed by atoms with van der Waals surface area (Å²) >= 11 is 0. The molecule has 0 bridgehead atoms. The minimum atomic E-state index is 0.576. The molecule has 1 aliphatic rings. The molecule has 0 amide bonds. The molecule has 1 heterocycles. The molecule has 0 saturated heterocycles. The van der Waals surface area contributed by atoms with Gasteiger partial charge in [0.2, 0.25) is 5.89 Å². The molecule has 1 aromatic rings. The Morgan fingerprint density at radius 3 is 2.81 bits per heavy atom. The number of nitrogens with one attached hydrogen (secondary N) is 1. The third-order valence-corrected chi connectivity index (χ3v) is 3.16. The van der Waals surface area contributed by atoms with E-state index in [1.165, 1.54) is 25.7 Å². The molecule has 0 radical (unpaired) electrons. The molecule has 0 spiro atoms. The fourth-order valence-electron chi connectivity index (χ4n) is 2.14. The highest BCUT2D eigenvalue weighted by atomic mass is 16.4. The van der Waals surface area contributed by atoms with Gasteiger partial charge < -0.3 is 14.6 Å². The van der Waals surface area contributed by atoms with Crippen LogP contribution in [-0.2, 0) is 6.54 Å². The molecule has 5 heteroatoms. The van der Waals surface area contributed by atoms with Crippen molar-refractivity contribution in [1.29, 1.82) is 0 Å². The van der Waals surface area contributed by atoms with Crippen LogP contribution in [0.2, 0.25) is 0 Å². The van der Waals surface area contributed by atoms with Crippen LogP contribution in [0.4, 0.5) is 6.01 Å². The lowest BCUT2D eigenvalue weighted by molar-refractivity contribution is 0.456. The topological polar surface area (TPSA) is 54.2 Å². The maximum Gasteiger partial charge on any atom is 0.318 e. The molecular formula is C11H20N4O. The number of anilines is 1. The van der Waals surface area contributed by atoms with E-state index >= 15 is 0 Å². The van der Waals surface area contributed by atoms with Crippen molar-refractivity contribution in [3.8, 4) is 0 Å². The Bertz CT molecular complexity index is 320. The summed E-state index contributed by atoms with van der Waals surface area (Å²) in [4.78, 5) is 2.12. The summed E-state index contributed by atoms with van der Waals surface area (Å²) in [5.74, 6) is 0.668. The summed E-state index contributed by atoms with van der Waals surface area (Å²) in [6, 6.07) is 1.23. The normalized spacial score (nSPS) is 16.9. The van der Waals surface area contributed by atoms with Crippen molar-refractivity contribution in [2.45, 2.75) is 45.2 Å². The summed E-state index contributed by atoms with van der Waals surface area (Å²) < 4.78 is 5.60. The Labute approximate surface area is 96.2 Å². The Morgan fingerprint density at radius 1 is 1.38 bits per heavy atom. The van der Waals surface area contributed by atoms with Gasteiger partial charge in [-0.1, -0.05) is 24.9 Å². The van der Waals surface area contributed by atoms with E-state index in [4.69, 9.17) is 4.42 Å². The van der Waals surface area contributed by atoms with Gasteiger partial charge in [-0.05, 0) is 19.4 Å². The third-order valence-electron chi connectivity index (χ3n) is 3.16. The van der Waals surface area contributed by atoms with E-state index in [0.717, 1.165) is 6.54 Å². The first kappa shape index (κ1) is 11.4. The minimum Gasteiger partial charge on any atom is -0.407 e. The van der Waals surface area contributed by atoms with Crippen molar-refractivity contribution in [2.75, 3.05) is 18.5 Å². The molecule has 1 aromatic heterocycles. The summed E-state index contributed by atoms with van der Waals surface area (Å²) in [6.45, 7) is 3.63. The standard InChI is InChI=1S/C11H20N4O/c1-3-12-8-10-13-14-11(16-10)15(2)9-6-4-5-7-9/h9,12H,3-8H2,1-2H3. The SMILES string of the molecule is CCNCc1nnc(N(C)C2CCCC2)o1. The first-order valence-electron chi connectivity index (χ1n) is 6.07. The Kier molecular flexibility index (Phi) is 3.77. The highest BCUT2D eigenvalue weighted by Crippen LogP contribution is 2.25. The lowest BCUT2D eigenvalue weighted by atomic mass is 10.2. The zero-order valence-corrected chi connectivity index (χ0v) is 10.1. The largest absolute Gasteiger partial charge is 0.407 e. The van der Waals surface area contributed by atoms with E-state index in [1.807, 2.05) is 7.05 Å². The summed E-state index contributed by atoms with van der Waals surface area (Å²) in [5.41, 5.74) is 0. The van der Waals surface area contributed by atoms with E-state index < -0.39 is 0 Å². The minimum absolute atomic E-state index is 0.576. The van der Waals surface area contributed by atoms with Crippen LogP contribution >= 0.6 is 0 Å². The van der Waals surface area contributed by atoms with Crippen molar-refractivity contribution < 1.29 is 4.42 Å². The zero-order chi connectivity index (χ0) is 11.4. The predicted octanol–water partition coefficient (Wildman–Crippen LogP) is 1.56. The van der Waals surface area contributed by atoms with Gasteiger partial charge in [0, 0.05) is 13.1 Å². The van der Waals surface area contributed by atoms with Gasteiger partial charge in [-0.25, -0.2) is 0 Å². The number of hydrogen-bond donors (Lipinski definition) is 1. The molecule has 0 unspecified atom stereocenters. The third kappa shape index (κ3) is 2.52. The van der Waals surface area contributed by atoms with Crippen molar-refractivity contribution in [1.82, 2.24) is 15.5 Å². The van der Waals surface area contributed by atoms with Crippen LogP contribution in [0.25, 0.3) is 0 Å². The summed E-state index contributed by atoms with van der Waals surface area (Å²) in [6.07, 6.45) is 5.10. The van der Waals surface area contributed by atoms with Crippen molar-refractivity contribution in [2.24, 2.45) is 0 Å². The fraction of sp³-hybridized carbons (Fsp3) is 0.818. The molecule has 1 aliphatic carbocycles. The van der Waals surface area contributed by atoms with E-state index in [1.54, 1.807) is 0 Å². The highest BCUT2D eigenvalue weighted by Gasteiger charge is 2.23. The van der Waals surface area contributed by atoms with Crippen LogP contribution in [0.5, 0.6) is 0 Å². The zero-order valence-electron chi connectivity index (χ0n) is 10.1. The molecule has 16 heavy (non-hydrogen) atoms. The lowest BCUT2D eigenvalue weighted by Crippen LogP contribution is -2.28. The molecule has 1 N–H and O–H groups in total. The van der Waals surface area contributed by atoms with E-state index in [0.29, 0.717) is 24.5 Å². The van der Waals surface area contributed by atoms with Crippen molar-refractivity contribution in [3.05, 3.63) is 5.89 Å². The van der Waals surface area contributed by atoms with Crippen molar-refractivity contribution >= 4 is 6.01 Å². The highest BCUT2D eigenvalue weighted by molar-refractivity contribution is 5.25. The Morgan fingerprint density at radius 2 is 2.12 bits per heavy atom. The smallest absolute Gasteiger partial charge is 0.318 e. The molecule has 0 atom stereocenters.